The summed E-state index contributed by atoms with van der Waals surface area (Å²) in [5, 5.41) is 1.36. The van der Waals surface area contributed by atoms with Gasteiger partial charge in [0.2, 0.25) is 0 Å². The molecular formula is C14H13F3O5S. The molecule has 0 heterocycles. The second-order valence-electron chi connectivity index (χ2n) is 4.04. The standard InChI is InChI=1S/C11H7F3O3S.C3H6O2/c12-11(13,14)18(15,16)17-10-6-5-8-3-1-2-4-9(8)7-10;1-2-5-3-4/h1-7H;3H,2H2,1H3. The van der Waals surface area contributed by atoms with E-state index in [1.165, 1.54) is 18.2 Å². The van der Waals surface area contributed by atoms with Crippen molar-refractivity contribution < 1.29 is 35.3 Å². The molecule has 0 aliphatic rings. The molecule has 0 aliphatic heterocycles. The Morgan fingerprint density at radius 1 is 1.09 bits per heavy atom. The summed E-state index contributed by atoms with van der Waals surface area (Å²) in [5.74, 6) is -0.369. The Morgan fingerprint density at radius 2 is 1.70 bits per heavy atom. The predicted molar refractivity (Wildman–Crippen MR) is 77.2 cm³/mol. The third-order valence-corrected chi connectivity index (χ3v) is 3.42. The molecule has 126 valence electrons. The molecule has 0 N–H and O–H groups in total. The number of alkyl halides is 3. The summed E-state index contributed by atoms with van der Waals surface area (Å²) in [7, 11) is -5.62. The van der Waals surface area contributed by atoms with E-state index in [4.69, 9.17) is 0 Å². The minimum Gasteiger partial charge on any atom is -0.468 e. The Hall–Kier alpha value is -2.29. The highest BCUT2D eigenvalue weighted by Gasteiger charge is 2.48. The molecule has 5 nitrogen and oxygen atoms in total. The van der Waals surface area contributed by atoms with Crippen LogP contribution in [0.25, 0.3) is 10.8 Å². The molecule has 2 rings (SSSR count). The van der Waals surface area contributed by atoms with Gasteiger partial charge in [0.1, 0.15) is 5.75 Å². The Balaban J connectivity index is 0.000000463. The van der Waals surface area contributed by atoms with E-state index in [1.54, 1.807) is 31.2 Å². The Morgan fingerprint density at radius 3 is 2.17 bits per heavy atom. The third kappa shape index (κ3) is 5.44. The number of ether oxygens (including phenoxy) is 1. The van der Waals surface area contributed by atoms with Crippen LogP contribution >= 0.6 is 0 Å². The summed E-state index contributed by atoms with van der Waals surface area (Å²) in [5.41, 5.74) is -5.43. The minimum absolute atomic E-state index is 0.369. The molecule has 0 saturated heterocycles. The lowest BCUT2D eigenvalue weighted by Gasteiger charge is -2.09. The first-order valence-electron chi connectivity index (χ1n) is 6.26. The number of carbonyl (C=O) groups excluding carboxylic acids is 1. The topological polar surface area (TPSA) is 69.7 Å². The minimum atomic E-state index is -5.62. The van der Waals surface area contributed by atoms with Gasteiger partial charge in [-0.2, -0.15) is 21.6 Å². The maximum Gasteiger partial charge on any atom is 0.534 e. The average molecular weight is 350 g/mol. The third-order valence-electron chi connectivity index (χ3n) is 2.45. The number of hydrogen-bond donors (Lipinski definition) is 0. The van der Waals surface area contributed by atoms with Crippen LogP contribution in [0, 0.1) is 0 Å². The van der Waals surface area contributed by atoms with Gasteiger partial charge < -0.3 is 8.92 Å². The largest absolute Gasteiger partial charge is 0.534 e. The first kappa shape index (κ1) is 18.8. The summed E-state index contributed by atoms with van der Waals surface area (Å²) in [6.07, 6.45) is 0. The van der Waals surface area contributed by atoms with Crippen LogP contribution in [0.5, 0.6) is 5.75 Å². The predicted octanol–water partition coefficient (Wildman–Crippen LogP) is 3.25. The highest BCUT2D eigenvalue weighted by Crippen LogP contribution is 2.28. The molecule has 0 saturated carbocycles. The Bertz CT molecular complexity index is 756. The quantitative estimate of drug-likeness (QED) is 0.481. The zero-order chi connectivity index (χ0) is 17.5. The van der Waals surface area contributed by atoms with Gasteiger partial charge in [0.25, 0.3) is 6.47 Å². The molecule has 0 bridgehead atoms. The summed E-state index contributed by atoms with van der Waals surface area (Å²) in [4.78, 5) is 9.18. The van der Waals surface area contributed by atoms with Crippen LogP contribution in [0.15, 0.2) is 42.5 Å². The lowest BCUT2D eigenvalue weighted by atomic mass is 10.1. The number of hydrogen-bond acceptors (Lipinski definition) is 5. The summed E-state index contributed by atoms with van der Waals surface area (Å²) >= 11 is 0. The van der Waals surface area contributed by atoms with Crippen molar-refractivity contribution in [2.45, 2.75) is 12.4 Å². The van der Waals surface area contributed by atoms with Crippen LogP contribution in [-0.4, -0.2) is 27.0 Å². The molecule has 0 spiro atoms. The van der Waals surface area contributed by atoms with Gasteiger partial charge >= 0.3 is 15.6 Å². The van der Waals surface area contributed by atoms with Crippen LogP contribution in [-0.2, 0) is 19.6 Å². The van der Waals surface area contributed by atoms with Crippen LogP contribution in [0.3, 0.4) is 0 Å². The van der Waals surface area contributed by atoms with Crippen LogP contribution in [0.4, 0.5) is 13.2 Å². The molecule has 0 radical (unpaired) electrons. The van der Waals surface area contributed by atoms with Gasteiger partial charge in [-0.05, 0) is 29.8 Å². The van der Waals surface area contributed by atoms with Crippen LogP contribution in [0.2, 0.25) is 0 Å². The first-order valence-corrected chi connectivity index (χ1v) is 7.67. The maximum absolute atomic E-state index is 12.1. The van der Waals surface area contributed by atoms with E-state index in [0.29, 0.717) is 18.5 Å². The number of rotatable bonds is 4. The van der Waals surface area contributed by atoms with E-state index in [2.05, 4.69) is 8.92 Å². The molecule has 9 heteroatoms. The molecule has 0 aliphatic carbocycles. The van der Waals surface area contributed by atoms with Crippen molar-refractivity contribution >= 4 is 27.4 Å². The van der Waals surface area contributed by atoms with E-state index in [9.17, 15) is 26.4 Å². The van der Waals surface area contributed by atoms with Crippen molar-refractivity contribution in [1.29, 1.82) is 0 Å². The zero-order valence-corrected chi connectivity index (χ0v) is 12.7. The van der Waals surface area contributed by atoms with Gasteiger partial charge in [0, 0.05) is 0 Å². The molecule has 23 heavy (non-hydrogen) atoms. The SMILES string of the molecule is CCOC=O.O=S(=O)(Oc1ccc2ccccc2c1)C(F)(F)F. The van der Waals surface area contributed by atoms with Gasteiger partial charge in [0.05, 0.1) is 6.61 Å². The Kier molecular flexibility index (Phi) is 6.38. The van der Waals surface area contributed by atoms with Crippen molar-refractivity contribution in [3.05, 3.63) is 42.5 Å². The van der Waals surface area contributed by atoms with E-state index in [1.807, 2.05) is 0 Å². The smallest absolute Gasteiger partial charge is 0.468 e. The fourth-order valence-corrected chi connectivity index (χ4v) is 1.91. The molecule has 2 aromatic carbocycles. The zero-order valence-electron chi connectivity index (χ0n) is 11.9. The van der Waals surface area contributed by atoms with Crippen molar-refractivity contribution in [3.8, 4) is 5.75 Å². The Labute approximate surface area is 130 Å². The van der Waals surface area contributed by atoms with Gasteiger partial charge in [-0.1, -0.05) is 30.3 Å². The molecule has 0 aromatic heterocycles. The summed E-state index contributed by atoms with van der Waals surface area (Å²) in [6.45, 7) is 2.66. The molecule has 2 aromatic rings. The second-order valence-corrected chi connectivity index (χ2v) is 5.58. The first-order chi connectivity index (χ1) is 10.7. The van der Waals surface area contributed by atoms with Crippen LogP contribution in [0.1, 0.15) is 6.92 Å². The summed E-state index contributed by atoms with van der Waals surface area (Å²) < 4.78 is 66.2. The van der Waals surface area contributed by atoms with Crippen molar-refractivity contribution in [3.63, 3.8) is 0 Å². The molecule has 0 fully saturated rings. The van der Waals surface area contributed by atoms with Gasteiger partial charge in [-0.25, -0.2) is 0 Å². The van der Waals surface area contributed by atoms with Crippen molar-refractivity contribution in [1.82, 2.24) is 0 Å². The maximum atomic E-state index is 12.1. The van der Waals surface area contributed by atoms with Crippen molar-refractivity contribution in [2.75, 3.05) is 6.61 Å². The lowest BCUT2D eigenvalue weighted by molar-refractivity contribution is -0.128. The average Bonchev–Trinajstić information content (AvgIpc) is 2.47. The molecule has 0 amide bonds. The fourth-order valence-electron chi connectivity index (χ4n) is 1.46. The van der Waals surface area contributed by atoms with Gasteiger partial charge in [0.15, 0.2) is 0 Å². The van der Waals surface area contributed by atoms with E-state index < -0.39 is 15.6 Å². The number of carbonyl (C=O) groups is 1. The van der Waals surface area contributed by atoms with E-state index in [-0.39, 0.29) is 5.75 Å². The number of halogens is 3. The molecule has 0 atom stereocenters. The van der Waals surface area contributed by atoms with Gasteiger partial charge in [-0.15, -0.1) is 0 Å². The fraction of sp³-hybridized carbons (Fsp3) is 0.214. The highest BCUT2D eigenvalue weighted by molar-refractivity contribution is 7.88. The van der Waals surface area contributed by atoms with Gasteiger partial charge in [-0.3, -0.25) is 4.79 Å². The second kappa shape index (κ2) is 7.82. The lowest BCUT2D eigenvalue weighted by Crippen LogP contribution is -2.28. The number of benzene rings is 2. The summed E-state index contributed by atoms with van der Waals surface area (Å²) in [6, 6.07) is 10.7. The van der Waals surface area contributed by atoms with Crippen molar-refractivity contribution in [2.24, 2.45) is 0 Å². The van der Waals surface area contributed by atoms with E-state index >= 15 is 0 Å². The van der Waals surface area contributed by atoms with Crippen LogP contribution < -0.4 is 4.18 Å². The highest BCUT2D eigenvalue weighted by atomic mass is 32.2. The molecule has 0 unspecified atom stereocenters. The normalized spacial score (nSPS) is 11.3. The molecular weight excluding hydrogens is 337 g/mol. The van der Waals surface area contributed by atoms with E-state index in [0.717, 1.165) is 5.39 Å². The monoisotopic (exact) mass is 350 g/mol. The number of fused-ring (bicyclic) bond motifs is 1.